The van der Waals surface area contributed by atoms with Crippen LogP contribution in [0.1, 0.15) is 30.0 Å². The Morgan fingerprint density at radius 1 is 1.33 bits per heavy atom. The Labute approximate surface area is 145 Å². The molecule has 0 saturated heterocycles. The van der Waals surface area contributed by atoms with E-state index in [9.17, 15) is 9.59 Å². The Morgan fingerprint density at radius 3 is 2.83 bits per heavy atom. The summed E-state index contributed by atoms with van der Waals surface area (Å²) in [6.45, 7) is 3.90. The van der Waals surface area contributed by atoms with E-state index in [4.69, 9.17) is 0 Å². The van der Waals surface area contributed by atoms with Crippen molar-refractivity contribution in [3.63, 3.8) is 0 Å². The third kappa shape index (κ3) is 4.17. The van der Waals surface area contributed by atoms with Crippen LogP contribution in [0.2, 0.25) is 0 Å². The number of aryl methyl sites for hydroxylation is 2. The minimum atomic E-state index is -0.516. The predicted octanol–water partition coefficient (Wildman–Crippen LogP) is 3.28. The highest BCUT2D eigenvalue weighted by Gasteiger charge is 2.25. The normalized spacial score (nSPS) is 13.6. The van der Waals surface area contributed by atoms with Gasteiger partial charge in [0.1, 0.15) is 0 Å². The molecule has 1 aliphatic rings. The van der Waals surface area contributed by atoms with E-state index in [0.717, 1.165) is 29.1 Å². The summed E-state index contributed by atoms with van der Waals surface area (Å²) in [6, 6.07) is 5.72. The van der Waals surface area contributed by atoms with Crippen LogP contribution in [0.25, 0.3) is 0 Å². The van der Waals surface area contributed by atoms with E-state index in [1.807, 2.05) is 38.2 Å². The molecule has 0 atom stereocenters. The number of amides is 3. The quantitative estimate of drug-likeness (QED) is 0.816. The highest BCUT2D eigenvalue weighted by atomic mass is 32.2. The van der Waals surface area contributed by atoms with Crippen molar-refractivity contribution in [2.75, 3.05) is 11.1 Å². The van der Waals surface area contributed by atoms with E-state index >= 15 is 0 Å². The molecule has 3 rings (SSSR count). The maximum atomic E-state index is 11.9. The zero-order chi connectivity index (χ0) is 17.1. The highest BCUT2D eigenvalue weighted by molar-refractivity contribution is 7.99. The third-order valence-corrected chi connectivity index (χ3v) is 4.77. The number of imide groups is 1. The molecule has 0 bridgehead atoms. The molecule has 126 valence electrons. The molecule has 1 saturated carbocycles. The van der Waals surface area contributed by atoms with E-state index in [1.54, 1.807) is 6.20 Å². The lowest BCUT2D eigenvalue weighted by Crippen LogP contribution is -2.35. The van der Waals surface area contributed by atoms with Crippen molar-refractivity contribution in [3.8, 4) is 0 Å². The minimum Gasteiger partial charge on any atom is -0.323 e. The van der Waals surface area contributed by atoms with Gasteiger partial charge in [-0.1, -0.05) is 29.5 Å². The van der Waals surface area contributed by atoms with Crippen molar-refractivity contribution in [1.82, 2.24) is 14.9 Å². The molecule has 0 aliphatic heterocycles. The van der Waals surface area contributed by atoms with Crippen LogP contribution < -0.4 is 10.6 Å². The van der Waals surface area contributed by atoms with Crippen LogP contribution in [-0.2, 0) is 4.79 Å². The van der Waals surface area contributed by atoms with Crippen LogP contribution >= 0.6 is 11.8 Å². The van der Waals surface area contributed by atoms with Crippen LogP contribution in [0.5, 0.6) is 0 Å². The van der Waals surface area contributed by atoms with Gasteiger partial charge in [-0.3, -0.25) is 10.1 Å². The van der Waals surface area contributed by atoms with Gasteiger partial charge in [-0.25, -0.2) is 9.78 Å². The molecule has 1 aliphatic carbocycles. The number of anilines is 1. The monoisotopic (exact) mass is 344 g/mol. The molecule has 1 aromatic heterocycles. The summed E-state index contributed by atoms with van der Waals surface area (Å²) in [4.78, 5) is 28.1. The topological polar surface area (TPSA) is 76.0 Å². The average Bonchev–Trinajstić information content (AvgIpc) is 3.26. The SMILES string of the molecule is Cc1ccc(NC(=O)NC(=O)CSc2nccn2C2CC2)c(C)c1. The van der Waals surface area contributed by atoms with Crippen molar-refractivity contribution in [2.45, 2.75) is 37.9 Å². The molecule has 6 nitrogen and oxygen atoms in total. The van der Waals surface area contributed by atoms with Crippen LogP contribution in [0, 0.1) is 13.8 Å². The third-order valence-electron chi connectivity index (χ3n) is 3.79. The number of rotatable bonds is 5. The van der Waals surface area contributed by atoms with Gasteiger partial charge >= 0.3 is 6.03 Å². The van der Waals surface area contributed by atoms with Gasteiger partial charge in [-0.2, -0.15) is 0 Å². The lowest BCUT2D eigenvalue weighted by Gasteiger charge is -2.10. The van der Waals surface area contributed by atoms with E-state index in [1.165, 1.54) is 11.8 Å². The summed E-state index contributed by atoms with van der Waals surface area (Å²) in [5.74, 6) is -0.183. The summed E-state index contributed by atoms with van der Waals surface area (Å²) in [5, 5.41) is 5.87. The first-order valence-corrected chi connectivity index (χ1v) is 8.85. The van der Waals surface area contributed by atoms with Gasteiger partial charge in [0.2, 0.25) is 5.91 Å². The van der Waals surface area contributed by atoms with Gasteiger partial charge in [0.05, 0.1) is 5.75 Å². The Kier molecular flexibility index (Phi) is 4.89. The molecule has 1 aromatic carbocycles. The predicted molar refractivity (Wildman–Crippen MR) is 94.3 cm³/mol. The molecule has 3 amide bonds. The number of thioether (sulfide) groups is 1. The van der Waals surface area contributed by atoms with Gasteiger partial charge < -0.3 is 9.88 Å². The fraction of sp³-hybridized carbons (Fsp3) is 0.353. The summed E-state index contributed by atoms with van der Waals surface area (Å²) >= 11 is 1.34. The standard InChI is InChI=1S/C17H20N4O2S/c1-11-3-6-14(12(2)9-11)19-16(23)20-15(22)10-24-17-18-7-8-21(17)13-4-5-13/h3,6-9,13H,4-5,10H2,1-2H3,(H2,19,20,22,23). The van der Waals surface area contributed by atoms with E-state index in [0.29, 0.717) is 11.7 Å². The fourth-order valence-electron chi connectivity index (χ4n) is 2.44. The second-order valence-electron chi connectivity index (χ2n) is 5.96. The number of benzene rings is 1. The molecule has 2 N–H and O–H groups in total. The average molecular weight is 344 g/mol. The lowest BCUT2D eigenvalue weighted by molar-refractivity contribution is -0.117. The molecule has 0 unspecified atom stereocenters. The Bertz CT molecular complexity index is 768. The summed E-state index contributed by atoms with van der Waals surface area (Å²) in [7, 11) is 0. The summed E-state index contributed by atoms with van der Waals surface area (Å²) in [5.41, 5.74) is 2.78. The molecule has 0 radical (unpaired) electrons. The number of nitrogens with one attached hydrogen (secondary N) is 2. The van der Waals surface area contributed by atoms with Crippen LogP contribution in [0.4, 0.5) is 10.5 Å². The first kappa shape index (κ1) is 16.6. The van der Waals surface area contributed by atoms with Gasteiger partial charge in [-0.05, 0) is 38.3 Å². The number of urea groups is 1. The fourth-order valence-corrected chi connectivity index (χ4v) is 3.27. The number of hydrogen-bond acceptors (Lipinski definition) is 4. The molecular formula is C17H20N4O2S. The molecule has 0 spiro atoms. The van der Waals surface area contributed by atoms with E-state index in [-0.39, 0.29) is 11.7 Å². The second kappa shape index (κ2) is 7.09. The number of nitrogens with zero attached hydrogens (tertiary/aromatic N) is 2. The highest BCUT2D eigenvalue weighted by Crippen LogP contribution is 2.37. The Balaban J connectivity index is 1.49. The van der Waals surface area contributed by atoms with Gasteiger partial charge in [0, 0.05) is 24.1 Å². The molecular weight excluding hydrogens is 324 g/mol. The van der Waals surface area contributed by atoms with Crippen molar-refractivity contribution in [2.24, 2.45) is 0 Å². The van der Waals surface area contributed by atoms with Gasteiger partial charge in [0.25, 0.3) is 0 Å². The summed E-state index contributed by atoms with van der Waals surface area (Å²) in [6.07, 6.45) is 6.00. The van der Waals surface area contributed by atoms with Crippen molar-refractivity contribution >= 4 is 29.4 Å². The van der Waals surface area contributed by atoms with E-state index < -0.39 is 6.03 Å². The number of hydrogen-bond donors (Lipinski definition) is 2. The minimum absolute atomic E-state index is 0.157. The number of aromatic nitrogens is 2. The first-order valence-electron chi connectivity index (χ1n) is 7.86. The number of carbonyl (C=O) groups is 2. The maximum Gasteiger partial charge on any atom is 0.325 e. The van der Waals surface area contributed by atoms with Crippen molar-refractivity contribution in [1.29, 1.82) is 0 Å². The molecule has 7 heteroatoms. The first-order chi connectivity index (χ1) is 11.5. The van der Waals surface area contributed by atoms with Crippen LogP contribution in [0.3, 0.4) is 0 Å². The number of imidazole rings is 1. The zero-order valence-electron chi connectivity index (χ0n) is 13.7. The Morgan fingerprint density at radius 2 is 2.12 bits per heavy atom. The Hall–Kier alpha value is -2.28. The van der Waals surface area contributed by atoms with E-state index in [2.05, 4.69) is 20.2 Å². The van der Waals surface area contributed by atoms with Gasteiger partial charge in [-0.15, -0.1) is 0 Å². The summed E-state index contributed by atoms with van der Waals surface area (Å²) < 4.78 is 2.09. The van der Waals surface area contributed by atoms with Crippen LogP contribution in [-0.4, -0.2) is 27.2 Å². The lowest BCUT2D eigenvalue weighted by atomic mass is 10.1. The molecule has 1 heterocycles. The maximum absolute atomic E-state index is 11.9. The van der Waals surface area contributed by atoms with Crippen LogP contribution in [0.15, 0.2) is 35.7 Å². The van der Waals surface area contributed by atoms with Crippen molar-refractivity contribution in [3.05, 3.63) is 41.7 Å². The molecule has 2 aromatic rings. The largest absolute Gasteiger partial charge is 0.325 e. The smallest absolute Gasteiger partial charge is 0.323 e. The second-order valence-corrected chi connectivity index (χ2v) is 6.90. The zero-order valence-corrected chi connectivity index (χ0v) is 14.5. The number of carbonyl (C=O) groups excluding carboxylic acids is 2. The molecule has 1 fully saturated rings. The molecule has 24 heavy (non-hydrogen) atoms. The van der Waals surface area contributed by atoms with Crippen molar-refractivity contribution < 1.29 is 9.59 Å². The van der Waals surface area contributed by atoms with Gasteiger partial charge in [0.15, 0.2) is 5.16 Å².